The number of thiophene rings is 1. The Bertz CT molecular complexity index is 1680. The first-order valence-electron chi connectivity index (χ1n) is 10.0. The molecule has 0 aliphatic heterocycles. The maximum absolute atomic E-state index is 11.7. The van der Waals surface area contributed by atoms with E-state index in [1.54, 1.807) is 31.5 Å². The zero-order valence-corrected chi connectivity index (χ0v) is 18.0. The van der Waals surface area contributed by atoms with E-state index in [1.807, 2.05) is 24.3 Å². The third kappa shape index (κ3) is 3.24. The summed E-state index contributed by atoms with van der Waals surface area (Å²) in [6.45, 7) is 1.55. The smallest absolute Gasteiger partial charge is 0.169 e. The number of nitrogens with zero attached hydrogens (tertiary/aromatic N) is 5. The van der Waals surface area contributed by atoms with Gasteiger partial charge >= 0.3 is 0 Å². The van der Waals surface area contributed by atoms with Gasteiger partial charge in [0.05, 0.1) is 32.7 Å². The number of hydrogen-bond donors (Lipinski definition) is 3. The van der Waals surface area contributed by atoms with Crippen LogP contribution < -0.4 is 0 Å². The van der Waals surface area contributed by atoms with Crippen LogP contribution in [0.4, 0.5) is 0 Å². The molecule has 0 unspecified atom stereocenters. The van der Waals surface area contributed by atoms with Crippen LogP contribution in [0.5, 0.6) is 5.75 Å². The van der Waals surface area contributed by atoms with Gasteiger partial charge in [-0.25, -0.2) is 9.97 Å². The number of imidazole rings is 1. The molecule has 33 heavy (non-hydrogen) atoms. The molecule has 0 aromatic carbocycles. The summed E-state index contributed by atoms with van der Waals surface area (Å²) in [6, 6.07) is 10.9. The van der Waals surface area contributed by atoms with Gasteiger partial charge in [0, 0.05) is 18.0 Å². The lowest BCUT2D eigenvalue weighted by molar-refractivity contribution is 0.102. The minimum atomic E-state index is 0.0212. The second-order valence-corrected chi connectivity index (χ2v) is 8.54. The van der Waals surface area contributed by atoms with E-state index in [-0.39, 0.29) is 11.5 Å². The summed E-state index contributed by atoms with van der Waals surface area (Å²) >= 11 is 1.39. The maximum Gasteiger partial charge on any atom is 0.169 e. The molecule has 0 bridgehead atoms. The van der Waals surface area contributed by atoms with E-state index < -0.39 is 0 Å². The fourth-order valence-electron chi connectivity index (χ4n) is 3.67. The van der Waals surface area contributed by atoms with Crippen molar-refractivity contribution in [3.05, 3.63) is 59.9 Å². The van der Waals surface area contributed by atoms with Crippen LogP contribution in [-0.4, -0.2) is 46.0 Å². The van der Waals surface area contributed by atoms with Gasteiger partial charge in [-0.2, -0.15) is 5.10 Å². The molecule has 6 heterocycles. The fraction of sp³-hybridized carbons (Fsp3) is 0.0435. The number of nitrogens with one attached hydrogen (secondary N) is 2. The lowest BCUT2D eigenvalue weighted by Crippen LogP contribution is -1.88. The molecular weight excluding hydrogens is 438 g/mol. The lowest BCUT2D eigenvalue weighted by atomic mass is 10.1. The van der Waals surface area contributed by atoms with Crippen molar-refractivity contribution in [2.45, 2.75) is 6.92 Å². The summed E-state index contributed by atoms with van der Waals surface area (Å²) in [5.41, 5.74) is 5.50. The van der Waals surface area contributed by atoms with E-state index in [2.05, 4.69) is 25.1 Å². The van der Waals surface area contributed by atoms with Crippen LogP contribution in [0, 0.1) is 0 Å². The highest BCUT2D eigenvalue weighted by atomic mass is 32.1. The van der Waals surface area contributed by atoms with Crippen molar-refractivity contribution in [1.82, 2.24) is 35.1 Å². The molecule has 0 spiro atoms. The number of Topliss-reactive ketones (excluding diaryl/α,β-unsaturated/α-hetero) is 1. The molecule has 0 amide bonds. The molecule has 9 nitrogen and oxygen atoms in total. The van der Waals surface area contributed by atoms with E-state index in [0.717, 1.165) is 15.9 Å². The van der Waals surface area contributed by atoms with Gasteiger partial charge in [0.2, 0.25) is 0 Å². The topological polar surface area (TPSA) is 133 Å². The molecule has 160 valence electrons. The van der Waals surface area contributed by atoms with Crippen LogP contribution in [0.15, 0.2) is 55.0 Å². The van der Waals surface area contributed by atoms with Gasteiger partial charge < -0.3 is 10.1 Å². The number of aromatic nitrogens is 7. The van der Waals surface area contributed by atoms with Gasteiger partial charge in [-0.05, 0) is 43.3 Å². The van der Waals surface area contributed by atoms with E-state index in [4.69, 9.17) is 9.97 Å². The molecule has 0 aliphatic carbocycles. The lowest BCUT2D eigenvalue weighted by Gasteiger charge is -2.01. The summed E-state index contributed by atoms with van der Waals surface area (Å²) in [5.74, 6) is 0.640. The number of H-pyrrole nitrogens is 2. The Morgan fingerprint density at radius 3 is 2.70 bits per heavy atom. The Labute approximate surface area is 190 Å². The highest BCUT2D eigenvalue weighted by Crippen LogP contribution is 2.33. The quantitative estimate of drug-likeness (QED) is 0.332. The number of carbonyl (C=O) groups excluding carboxylic acids is 1. The third-order valence-electron chi connectivity index (χ3n) is 5.24. The number of fused-ring (bicyclic) bond motifs is 2. The van der Waals surface area contributed by atoms with Gasteiger partial charge in [0.25, 0.3) is 0 Å². The molecule has 0 radical (unpaired) electrons. The van der Waals surface area contributed by atoms with Crippen LogP contribution in [-0.2, 0) is 0 Å². The number of aromatic amines is 2. The second kappa shape index (κ2) is 7.31. The molecule has 6 rings (SSSR count). The first-order valence-corrected chi connectivity index (χ1v) is 10.8. The number of ketones is 1. The molecule has 6 aromatic heterocycles. The van der Waals surface area contributed by atoms with Crippen LogP contribution in [0.25, 0.3) is 55.4 Å². The monoisotopic (exact) mass is 453 g/mol. The molecule has 0 saturated carbocycles. The van der Waals surface area contributed by atoms with Crippen molar-refractivity contribution in [2.75, 3.05) is 0 Å². The van der Waals surface area contributed by atoms with Crippen molar-refractivity contribution in [3.8, 4) is 39.1 Å². The minimum Gasteiger partial charge on any atom is -0.506 e. The van der Waals surface area contributed by atoms with Crippen LogP contribution in [0.3, 0.4) is 0 Å². The molecule has 10 heteroatoms. The molecule has 3 N–H and O–H groups in total. The van der Waals surface area contributed by atoms with Gasteiger partial charge in [0.15, 0.2) is 17.3 Å². The highest BCUT2D eigenvalue weighted by molar-refractivity contribution is 7.17. The molecular formula is C23H15N7O2S. The first-order chi connectivity index (χ1) is 16.1. The second-order valence-electron chi connectivity index (χ2n) is 7.46. The SMILES string of the molecule is CC(=O)c1ccc(-c2nccc3[nH]c(-c4n[nH]c5ccc(-c6cncc(O)c6)nc45)nc23)s1. The largest absolute Gasteiger partial charge is 0.506 e. The number of rotatable bonds is 4. The van der Waals surface area contributed by atoms with E-state index >= 15 is 0 Å². The predicted octanol–water partition coefficient (Wildman–Crippen LogP) is 4.59. The number of carbonyl (C=O) groups is 1. The molecule has 0 saturated heterocycles. The Morgan fingerprint density at radius 2 is 1.88 bits per heavy atom. The molecule has 0 atom stereocenters. The van der Waals surface area contributed by atoms with E-state index in [0.29, 0.717) is 44.4 Å². The summed E-state index contributed by atoms with van der Waals surface area (Å²) in [7, 11) is 0. The first kappa shape index (κ1) is 19.3. The zero-order valence-electron chi connectivity index (χ0n) is 17.2. The maximum atomic E-state index is 11.7. The average Bonchev–Trinajstić information content (AvgIpc) is 3.55. The summed E-state index contributed by atoms with van der Waals surface area (Å²) in [6.07, 6.45) is 4.72. The summed E-state index contributed by atoms with van der Waals surface area (Å²) in [4.78, 5) is 34.6. The standard InChI is InChI=1S/C23H15N7O2S/c1-11(31)17-4-5-18(33-17)21-19-15(6-7-25-21)27-23(28-19)22-20-16(29-30-22)3-2-14(26-20)12-8-13(32)10-24-9-12/h2-10,32H,1H3,(H,27,28)(H,29,30). The van der Waals surface area contributed by atoms with Gasteiger partial charge in [-0.3, -0.25) is 19.9 Å². The summed E-state index contributed by atoms with van der Waals surface area (Å²) < 4.78 is 0. The third-order valence-corrected chi connectivity index (χ3v) is 6.43. The van der Waals surface area contributed by atoms with Gasteiger partial charge in [-0.15, -0.1) is 11.3 Å². The summed E-state index contributed by atoms with van der Waals surface area (Å²) in [5, 5.41) is 17.2. The van der Waals surface area contributed by atoms with Crippen LogP contribution in [0.1, 0.15) is 16.6 Å². The van der Waals surface area contributed by atoms with Gasteiger partial charge in [0.1, 0.15) is 22.5 Å². The molecule has 0 aliphatic rings. The van der Waals surface area contributed by atoms with Crippen molar-refractivity contribution >= 4 is 39.2 Å². The van der Waals surface area contributed by atoms with Crippen molar-refractivity contribution < 1.29 is 9.90 Å². The van der Waals surface area contributed by atoms with Crippen LogP contribution in [0.2, 0.25) is 0 Å². The van der Waals surface area contributed by atoms with E-state index in [1.165, 1.54) is 17.5 Å². The Morgan fingerprint density at radius 1 is 1.00 bits per heavy atom. The van der Waals surface area contributed by atoms with Crippen molar-refractivity contribution in [2.24, 2.45) is 0 Å². The number of hydrogen-bond acceptors (Lipinski definition) is 8. The van der Waals surface area contributed by atoms with E-state index in [9.17, 15) is 9.90 Å². The molecule has 6 aromatic rings. The Balaban J connectivity index is 1.48. The predicted molar refractivity (Wildman–Crippen MR) is 125 cm³/mol. The molecule has 0 fully saturated rings. The highest BCUT2D eigenvalue weighted by Gasteiger charge is 2.18. The average molecular weight is 453 g/mol. The minimum absolute atomic E-state index is 0.0212. The Kier molecular flexibility index (Phi) is 4.27. The fourth-order valence-corrected chi connectivity index (χ4v) is 4.57. The zero-order chi connectivity index (χ0) is 22.5. The Hall–Kier alpha value is -4.44. The normalized spacial score (nSPS) is 11.4. The number of aromatic hydroxyl groups is 1. The van der Waals surface area contributed by atoms with Crippen molar-refractivity contribution in [1.29, 1.82) is 0 Å². The van der Waals surface area contributed by atoms with Crippen LogP contribution >= 0.6 is 11.3 Å². The van der Waals surface area contributed by atoms with Crippen molar-refractivity contribution in [3.63, 3.8) is 0 Å². The number of pyridine rings is 3. The van der Waals surface area contributed by atoms with Gasteiger partial charge in [-0.1, -0.05) is 0 Å².